The van der Waals surface area contributed by atoms with Gasteiger partial charge in [-0.3, -0.25) is 0 Å². The molecule has 0 radical (unpaired) electrons. The van der Waals surface area contributed by atoms with E-state index in [1.54, 1.807) is 19.2 Å². The van der Waals surface area contributed by atoms with Crippen LogP contribution in [0.4, 0.5) is 5.69 Å². The number of carbonyl (C=O) groups is 1. The molecule has 0 atom stereocenters. The fraction of sp³-hybridized carbons (Fsp3) is 0.533. The Morgan fingerprint density at radius 3 is 2.55 bits per heavy atom. The van der Waals surface area contributed by atoms with Crippen LogP contribution in [-0.4, -0.2) is 32.3 Å². The van der Waals surface area contributed by atoms with Crippen molar-refractivity contribution in [3.8, 4) is 0 Å². The quantitative estimate of drug-likeness (QED) is 0.864. The van der Waals surface area contributed by atoms with Crippen LogP contribution in [0, 0.1) is 0 Å². The average Bonchev–Trinajstić information content (AvgIpc) is 2.49. The summed E-state index contributed by atoms with van der Waals surface area (Å²) in [6.45, 7) is 0. The van der Waals surface area contributed by atoms with Gasteiger partial charge in [0.15, 0.2) is 0 Å². The Kier molecular flexibility index (Phi) is 5.26. The zero-order chi connectivity index (χ0) is 14.5. The first-order valence-electron chi connectivity index (χ1n) is 6.81. The van der Waals surface area contributed by atoms with Crippen molar-refractivity contribution in [1.82, 2.24) is 0 Å². The van der Waals surface area contributed by atoms with Crippen LogP contribution in [0.5, 0.6) is 0 Å². The molecule has 1 fully saturated rings. The van der Waals surface area contributed by atoms with Gasteiger partial charge in [-0.2, -0.15) is 0 Å². The van der Waals surface area contributed by atoms with Crippen molar-refractivity contribution in [3.05, 3.63) is 28.8 Å². The molecule has 20 heavy (non-hydrogen) atoms. The third kappa shape index (κ3) is 3.64. The summed E-state index contributed by atoms with van der Waals surface area (Å²) in [5.74, 6) is -0.415. The van der Waals surface area contributed by atoms with Crippen molar-refractivity contribution in [1.29, 1.82) is 0 Å². The van der Waals surface area contributed by atoms with E-state index in [9.17, 15) is 4.79 Å². The molecule has 0 bridgehead atoms. The number of ether oxygens (including phenoxy) is 2. The van der Waals surface area contributed by atoms with Crippen molar-refractivity contribution in [2.45, 2.75) is 37.8 Å². The van der Waals surface area contributed by atoms with E-state index in [-0.39, 0.29) is 0 Å². The SMILES string of the molecule is COC(=O)c1cc(NC2CCC(OC)CC2)ccc1Cl. The second-order valence-corrected chi connectivity index (χ2v) is 5.45. The molecule has 1 N–H and O–H groups in total. The summed E-state index contributed by atoms with van der Waals surface area (Å²) in [5, 5.41) is 3.86. The van der Waals surface area contributed by atoms with Crippen molar-refractivity contribution in [2.24, 2.45) is 0 Å². The number of methoxy groups -OCH3 is 2. The fourth-order valence-corrected chi connectivity index (χ4v) is 2.75. The van der Waals surface area contributed by atoms with Crippen LogP contribution in [-0.2, 0) is 9.47 Å². The number of nitrogens with one attached hydrogen (secondary N) is 1. The van der Waals surface area contributed by atoms with Gasteiger partial charge in [0.1, 0.15) is 0 Å². The van der Waals surface area contributed by atoms with Gasteiger partial charge < -0.3 is 14.8 Å². The monoisotopic (exact) mass is 297 g/mol. The van der Waals surface area contributed by atoms with Crippen molar-refractivity contribution in [3.63, 3.8) is 0 Å². The number of hydrogen-bond donors (Lipinski definition) is 1. The Hall–Kier alpha value is -1.26. The molecule has 0 aliphatic heterocycles. The predicted molar refractivity (Wildman–Crippen MR) is 79.5 cm³/mol. The van der Waals surface area contributed by atoms with E-state index in [4.69, 9.17) is 21.1 Å². The molecule has 0 unspecified atom stereocenters. The first-order chi connectivity index (χ1) is 9.63. The van der Waals surface area contributed by atoms with Crippen LogP contribution < -0.4 is 5.32 Å². The minimum absolute atomic E-state index is 0.379. The van der Waals surface area contributed by atoms with Gasteiger partial charge in [0.25, 0.3) is 0 Å². The maximum Gasteiger partial charge on any atom is 0.339 e. The molecule has 0 saturated heterocycles. The highest BCUT2D eigenvalue weighted by molar-refractivity contribution is 6.33. The summed E-state index contributed by atoms with van der Waals surface area (Å²) in [4.78, 5) is 11.6. The lowest BCUT2D eigenvalue weighted by atomic mass is 9.93. The molecule has 0 aromatic heterocycles. The number of benzene rings is 1. The minimum Gasteiger partial charge on any atom is -0.465 e. The van der Waals surface area contributed by atoms with Crippen LogP contribution in [0.1, 0.15) is 36.0 Å². The predicted octanol–water partition coefficient (Wildman–Crippen LogP) is 3.50. The molecule has 1 aromatic carbocycles. The standard InChI is InChI=1S/C15H20ClNO3/c1-19-12-6-3-10(4-7-12)17-11-5-8-14(16)13(9-11)15(18)20-2/h5,8-10,12,17H,3-4,6-7H2,1-2H3. The highest BCUT2D eigenvalue weighted by atomic mass is 35.5. The lowest BCUT2D eigenvalue weighted by Crippen LogP contribution is -2.29. The fourth-order valence-electron chi connectivity index (χ4n) is 2.56. The Labute approximate surface area is 124 Å². The molecule has 0 spiro atoms. The molecule has 1 aromatic rings. The van der Waals surface area contributed by atoms with Gasteiger partial charge >= 0.3 is 5.97 Å². The molecule has 1 saturated carbocycles. The van der Waals surface area contributed by atoms with Gasteiger partial charge in [-0.1, -0.05) is 11.6 Å². The Bertz CT molecular complexity index is 470. The van der Waals surface area contributed by atoms with Gasteiger partial charge in [0.2, 0.25) is 0 Å². The molecule has 4 nitrogen and oxygen atoms in total. The van der Waals surface area contributed by atoms with Crippen LogP contribution in [0.15, 0.2) is 18.2 Å². The van der Waals surface area contributed by atoms with Crippen molar-refractivity contribution < 1.29 is 14.3 Å². The Morgan fingerprint density at radius 1 is 1.25 bits per heavy atom. The molecule has 2 rings (SSSR count). The Morgan fingerprint density at radius 2 is 1.95 bits per heavy atom. The molecule has 0 amide bonds. The number of hydrogen-bond acceptors (Lipinski definition) is 4. The van der Waals surface area contributed by atoms with E-state index in [2.05, 4.69) is 5.32 Å². The third-order valence-electron chi connectivity index (χ3n) is 3.75. The number of rotatable bonds is 4. The minimum atomic E-state index is -0.415. The van der Waals surface area contributed by atoms with Crippen LogP contribution in [0.3, 0.4) is 0 Å². The lowest BCUT2D eigenvalue weighted by Gasteiger charge is -2.29. The number of halogens is 1. The summed E-state index contributed by atoms with van der Waals surface area (Å²) in [5.41, 5.74) is 1.29. The molecule has 1 aliphatic rings. The third-order valence-corrected chi connectivity index (χ3v) is 4.08. The van der Waals surface area contributed by atoms with E-state index < -0.39 is 5.97 Å². The van der Waals surface area contributed by atoms with Crippen LogP contribution >= 0.6 is 11.6 Å². The molecule has 1 aliphatic carbocycles. The maximum atomic E-state index is 11.6. The van der Waals surface area contributed by atoms with Crippen LogP contribution in [0.25, 0.3) is 0 Å². The summed E-state index contributed by atoms with van der Waals surface area (Å²) >= 11 is 6.01. The topological polar surface area (TPSA) is 47.6 Å². The lowest BCUT2D eigenvalue weighted by molar-refractivity contribution is 0.0601. The van der Waals surface area contributed by atoms with Crippen molar-refractivity contribution >= 4 is 23.3 Å². The van der Waals surface area contributed by atoms with Gasteiger partial charge in [0.05, 0.1) is 23.8 Å². The Balaban J connectivity index is 2.01. The van der Waals surface area contributed by atoms with Crippen molar-refractivity contribution in [2.75, 3.05) is 19.5 Å². The van der Waals surface area contributed by atoms with E-state index in [1.807, 2.05) is 6.07 Å². The van der Waals surface area contributed by atoms with Gasteiger partial charge in [0, 0.05) is 18.8 Å². The molecule has 5 heteroatoms. The number of esters is 1. The second-order valence-electron chi connectivity index (χ2n) is 5.04. The zero-order valence-corrected chi connectivity index (χ0v) is 12.6. The molecule has 0 heterocycles. The van der Waals surface area contributed by atoms with E-state index in [1.165, 1.54) is 7.11 Å². The van der Waals surface area contributed by atoms with E-state index in [0.717, 1.165) is 31.4 Å². The molecule has 110 valence electrons. The largest absolute Gasteiger partial charge is 0.465 e. The molecular weight excluding hydrogens is 278 g/mol. The first kappa shape index (κ1) is 15.1. The van der Waals surface area contributed by atoms with Gasteiger partial charge in [-0.15, -0.1) is 0 Å². The van der Waals surface area contributed by atoms with E-state index in [0.29, 0.717) is 22.7 Å². The van der Waals surface area contributed by atoms with Gasteiger partial charge in [-0.25, -0.2) is 4.79 Å². The smallest absolute Gasteiger partial charge is 0.339 e. The van der Waals surface area contributed by atoms with E-state index >= 15 is 0 Å². The second kappa shape index (κ2) is 6.95. The zero-order valence-electron chi connectivity index (χ0n) is 11.8. The first-order valence-corrected chi connectivity index (χ1v) is 7.19. The summed E-state index contributed by atoms with van der Waals surface area (Å²) < 4.78 is 10.1. The van der Waals surface area contributed by atoms with Gasteiger partial charge in [-0.05, 0) is 43.9 Å². The normalized spacial score (nSPS) is 22.4. The number of anilines is 1. The number of carbonyl (C=O) groups excluding carboxylic acids is 1. The van der Waals surface area contributed by atoms with Crippen LogP contribution in [0.2, 0.25) is 5.02 Å². The summed E-state index contributed by atoms with van der Waals surface area (Å²) in [6.07, 6.45) is 4.63. The highest BCUT2D eigenvalue weighted by Gasteiger charge is 2.21. The summed E-state index contributed by atoms with van der Waals surface area (Å²) in [6, 6.07) is 5.76. The maximum absolute atomic E-state index is 11.6. The highest BCUT2D eigenvalue weighted by Crippen LogP contribution is 2.26. The molecular formula is C15H20ClNO3. The average molecular weight is 298 g/mol. The summed E-state index contributed by atoms with van der Waals surface area (Å²) in [7, 11) is 3.12.